The largest absolute Gasteiger partial charge is 0.491 e. The molecule has 0 aromatic heterocycles. The minimum Gasteiger partial charge on any atom is -0.491 e. The lowest BCUT2D eigenvalue weighted by molar-refractivity contribution is 0.0536. The Balaban J connectivity index is 1.94. The maximum Gasteiger partial charge on any atom is 0.130 e. The summed E-state index contributed by atoms with van der Waals surface area (Å²) in [4.78, 5) is 1.85. The molecule has 2 aromatic rings. The van der Waals surface area contributed by atoms with E-state index in [1.54, 1.807) is 7.11 Å². The van der Waals surface area contributed by atoms with Crippen LogP contribution in [0.5, 0.6) is 5.75 Å². The lowest BCUT2D eigenvalue weighted by atomic mass is 10.2. The first-order chi connectivity index (χ1) is 12.5. The Bertz CT molecular complexity index is 697. The number of nitrogens with zero attached hydrogens (tertiary/aromatic N) is 1. The topological polar surface area (TPSA) is 41.9 Å². The van der Waals surface area contributed by atoms with Gasteiger partial charge in [-0.1, -0.05) is 24.3 Å². The molecule has 0 heterocycles. The second-order valence-electron chi connectivity index (χ2n) is 6.19. The van der Waals surface area contributed by atoms with Crippen LogP contribution in [0.1, 0.15) is 11.1 Å². The van der Waals surface area contributed by atoms with Gasteiger partial charge in [-0.2, -0.15) is 0 Å². The van der Waals surface area contributed by atoms with Gasteiger partial charge in [0.1, 0.15) is 30.1 Å². The highest BCUT2D eigenvalue weighted by molar-refractivity contribution is 5.31. The van der Waals surface area contributed by atoms with Gasteiger partial charge < -0.3 is 14.6 Å². The highest BCUT2D eigenvalue weighted by atomic mass is 19.1. The number of aliphatic hydroxyl groups is 1. The zero-order valence-corrected chi connectivity index (χ0v) is 15.1. The molecule has 0 unspecified atom stereocenters. The first-order valence-corrected chi connectivity index (χ1v) is 8.51. The average Bonchev–Trinajstić information content (AvgIpc) is 2.61. The summed E-state index contributed by atoms with van der Waals surface area (Å²) in [6, 6.07) is 11.1. The zero-order chi connectivity index (χ0) is 18.9. The van der Waals surface area contributed by atoms with E-state index in [2.05, 4.69) is 0 Å². The summed E-state index contributed by atoms with van der Waals surface area (Å²) < 4.78 is 37.7. The first kappa shape index (κ1) is 20.3. The van der Waals surface area contributed by atoms with E-state index in [0.29, 0.717) is 18.7 Å². The van der Waals surface area contributed by atoms with Gasteiger partial charge >= 0.3 is 0 Å². The minimum absolute atomic E-state index is 0.125. The summed E-state index contributed by atoms with van der Waals surface area (Å²) >= 11 is 0. The summed E-state index contributed by atoms with van der Waals surface area (Å²) in [5.41, 5.74) is 1.36. The molecule has 0 bridgehead atoms. The van der Waals surface area contributed by atoms with Gasteiger partial charge in [-0.25, -0.2) is 8.78 Å². The monoisotopic (exact) mass is 365 g/mol. The number of aryl methyl sites for hydroxylation is 1. The van der Waals surface area contributed by atoms with Crippen LogP contribution < -0.4 is 4.74 Å². The van der Waals surface area contributed by atoms with Gasteiger partial charge in [0.25, 0.3) is 0 Å². The molecule has 142 valence electrons. The Labute approximate surface area is 153 Å². The van der Waals surface area contributed by atoms with Gasteiger partial charge in [-0.05, 0) is 24.6 Å². The molecule has 6 heteroatoms. The Hall–Kier alpha value is -2.02. The molecule has 1 N–H and O–H groups in total. The predicted molar refractivity (Wildman–Crippen MR) is 96.2 cm³/mol. The highest BCUT2D eigenvalue weighted by Crippen LogP contribution is 2.17. The van der Waals surface area contributed by atoms with Crippen LogP contribution in [0.2, 0.25) is 0 Å². The number of benzene rings is 2. The number of ether oxygens (including phenoxy) is 2. The predicted octanol–water partition coefficient (Wildman–Crippen LogP) is 3.16. The van der Waals surface area contributed by atoms with Gasteiger partial charge in [0.2, 0.25) is 0 Å². The van der Waals surface area contributed by atoms with E-state index in [9.17, 15) is 13.9 Å². The van der Waals surface area contributed by atoms with E-state index < -0.39 is 17.7 Å². The molecule has 0 spiro atoms. The molecule has 0 fully saturated rings. The second kappa shape index (κ2) is 10.2. The van der Waals surface area contributed by atoms with Crippen molar-refractivity contribution >= 4 is 0 Å². The van der Waals surface area contributed by atoms with Crippen molar-refractivity contribution < 1.29 is 23.4 Å². The van der Waals surface area contributed by atoms with Crippen LogP contribution in [0.4, 0.5) is 8.78 Å². The fraction of sp³-hybridized carbons (Fsp3) is 0.400. The van der Waals surface area contributed by atoms with Crippen LogP contribution in [0.25, 0.3) is 0 Å². The molecule has 2 aromatic carbocycles. The van der Waals surface area contributed by atoms with Gasteiger partial charge in [0.15, 0.2) is 0 Å². The third-order valence-corrected chi connectivity index (χ3v) is 4.01. The van der Waals surface area contributed by atoms with Crippen molar-refractivity contribution in [2.45, 2.75) is 19.6 Å². The van der Waals surface area contributed by atoms with Crippen molar-refractivity contribution in [2.24, 2.45) is 0 Å². The summed E-state index contributed by atoms with van der Waals surface area (Å²) in [6.07, 6.45) is -0.755. The molecule has 4 nitrogen and oxygen atoms in total. The van der Waals surface area contributed by atoms with Gasteiger partial charge in [-0.15, -0.1) is 0 Å². The van der Waals surface area contributed by atoms with Crippen LogP contribution in [-0.4, -0.2) is 49.5 Å². The van der Waals surface area contributed by atoms with E-state index >= 15 is 0 Å². The zero-order valence-electron chi connectivity index (χ0n) is 15.1. The quantitative estimate of drug-likeness (QED) is 0.702. The number of rotatable bonds is 10. The van der Waals surface area contributed by atoms with Crippen molar-refractivity contribution in [2.75, 3.05) is 33.4 Å². The normalized spacial score (nSPS) is 12.4. The van der Waals surface area contributed by atoms with E-state index in [1.165, 1.54) is 12.1 Å². The molecular weight excluding hydrogens is 340 g/mol. The van der Waals surface area contributed by atoms with Gasteiger partial charge in [0, 0.05) is 38.4 Å². The van der Waals surface area contributed by atoms with Crippen molar-refractivity contribution in [3.8, 4) is 5.75 Å². The van der Waals surface area contributed by atoms with Crippen LogP contribution >= 0.6 is 0 Å². The van der Waals surface area contributed by atoms with Crippen LogP contribution in [0, 0.1) is 18.6 Å². The average molecular weight is 365 g/mol. The van der Waals surface area contributed by atoms with Crippen molar-refractivity contribution in [1.29, 1.82) is 0 Å². The first-order valence-electron chi connectivity index (χ1n) is 8.51. The van der Waals surface area contributed by atoms with Crippen LogP contribution in [-0.2, 0) is 11.3 Å². The Morgan fingerprint density at radius 3 is 2.62 bits per heavy atom. The molecule has 0 saturated heterocycles. The molecule has 1 atom stereocenters. The summed E-state index contributed by atoms with van der Waals surface area (Å²) in [7, 11) is 1.58. The van der Waals surface area contributed by atoms with E-state index in [-0.39, 0.29) is 19.7 Å². The van der Waals surface area contributed by atoms with Crippen LogP contribution in [0.3, 0.4) is 0 Å². The maximum atomic E-state index is 13.9. The number of hydrogen-bond donors (Lipinski definition) is 1. The van der Waals surface area contributed by atoms with E-state index in [0.717, 1.165) is 17.4 Å². The fourth-order valence-corrected chi connectivity index (χ4v) is 2.60. The third-order valence-electron chi connectivity index (χ3n) is 4.01. The Morgan fingerprint density at radius 2 is 1.92 bits per heavy atom. The van der Waals surface area contributed by atoms with Crippen molar-refractivity contribution in [1.82, 2.24) is 4.90 Å². The van der Waals surface area contributed by atoms with E-state index in [1.807, 2.05) is 36.1 Å². The van der Waals surface area contributed by atoms with Crippen molar-refractivity contribution in [3.63, 3.8) is 0 Å². The second-order valence-corrected chi connectivity index (χ2v) is 6.19. The third kappa shape index (κ3) is 6.37. The van der Waals surface area contributed by atoms with Crippen LogP contribution in [0.15, 0.2) is 42.5 Å². The number of halogens is 2. The Morgan fingerprint density at radius 1 is 1.15 bits per heavy atom. The molecule has 0 amide bonds. The molecule has 0 radical (unpaired) electrons. The molecular formula is C20H25F2NO3. The molecule has 0 saturated carbocycles. The van der Waals surface area contributed by atoms with Crippen molar-refractivity contribution in [3.05, 3.63) is 65.2 Å². The Kier molecular flexibility index (Phi) is 7.97. The lowest BCUT2D eigenvalue weighted by Gasteiger charge is -2.25. The van der Waals surface area contributed by atoms with Gasteiger partial charge in [-0.3, -0.25) is 4.90 Å². The lowest BCUT2D eigenvalue weighted by Crippen LogP contribution is -2.37. The molecule has 26 heavy (non-hydrogen) atoms. The van der Waals surface area contributed by atoms with E-state index in [4.69, 9.17) is 9.47 Å². The highest BCUT2D eigenvalue weighted by Gasteiger charge is 2.15. The molecule has 0 aliphatic carbocycles. The molecule has 0 aliphatic rings. The summed E-state index contributed by atoms with van der Waals surface area (Å²) in [5.74, 6) is -0.487. The minimum atomic E-state index is -0.755. The summed E-state index contributed by atoms with van der Waals surface area (Å²) in [5, 5.41) is 10.3. The number of aliphatic hydroxyl groups excluding tert-OH is 1. The SMILES string of the molecule is COCCN(Cc1ccc(F)cc1F)C[C@@H](O)COc1ccccc1C. The standard InChI is InChI=1S/C20H25F2NO3/c1-15-5-3-4-6-20(15)26-14-18(24)13-23(9-10-25-2)12-16-7-8-17(21)11-19(16)22/h3-8,11,18,24H,9-10,12-14H2,1-2H3/t18-/m1/s1. The number of methoxy groups -OCH3 is 1. The molecule has 2 rings (SSSR count). The molecule has 0 aliphatic heterocycles. The van der Waals surface area contributed by atoms with Gasteiger partial charge in [0.05, 0.1) is 6.61 Å². The fourth-order valence-electron chi connectivity index (χ4n) is 2.60. The smallest absolute Gasteiger partial charge is 0.130 e. The number of para-hydroxylation sites is 1. The summed E-state index contributed by atoms with van der Waals surface area (Å²) in [6.45, 7) is 3.54. The maximum absolute atomic E-state index is 13.9. The number of hydrogen-bond acceptors (Lipinski definition) is 4.